The number of hydrogen-bond acceptors (Lipinski definition) is 4. The van der Waals surface area contributed by atoms with E-state index in [0.29, 0.717) is 49.4 Å². The molecule has 0 bridgehead atoms. The molecule has 2 aliphatic rings. The maximum atomic E-state index is 12.5. The Kier molecular flexibility index (Phi) is 4.94. The van der Waals surface area contributed by atoms with Gasteiger partial charge in [-0.3, -0.25) is 9.59 Å². The largest absolute Gasteiger partial charge is 0.339 e. The number of nitrogens with zero attached hydrogens (tertiary/aromatic N) is 1. The first kappa shape index (κ1) is 17.7. The van der Waals surface area contributed by atoms with Gasteiger partial charge in [-0.1, -0.05) is 6.58 Å². The number of carbonyl (C=O) groups excluding carboxylic acids is 2. The Hall–Kier alpha value is -2.15. The summed E-state index contributed by atoms with van der Waals surface area (Å²) in [4.78, 5) is 26.1. The fraction of sp³-hybridized carbons (Fsp3) is 0.444. The number of hydrogen-bond donors (Lipinski definition) is 1. The van der Waals surface area contributed by atoms with E-state index in [2.05, 4.69) is 11.9 Å². The van der Waals surface area contributed by atoms with Crippen LogP contribution in [-0.2, 0) is 25.8 Å². The van der Waals surface area contributed by atoms with E-state index in [1.165, 1.54) is 6.08 Å². The van der Waals surface area contributed by atoms with Gasteiger partial charge in [0.15, 0.2) is 9.84 Å². The summed E-state index contributed by atoms with van der Waals surface area (Å²) >= 11 is 0. The Bertz CT molecular complexity index is 808. The zero-order valence-corrected chi connectivity index (χ0v) is 14.8. The Morgan fingerprint density at radius 1 is 1.24 bits per heavy atom. The number of carbonyl (C=O) groups is 2. The van der Waals surface area contributed by atoms with Gasteiger partial charge in [-0.05, 0) is 55.5 Å². The van der Waals surface area contributed by atoms with Gasteiger partial charge in [0.1, 0.15) is 0 Å². The molecule has 1 saturated heterocycles. The van der Waals surface area contributed by atoms with Gasteiger partial charge in [0.25, 0.3) is 0 Å². The van der Waals surface area contributed by atoms with Crippen LogP contribution in [-0.4, -0.2) is 44.0 Å². The lowest BCUT2D eigenvalue weighted by atomic mass is 9.95. The number of amides is 2. The van der Waals surface area contributed by atoms with Gasteiger partial charge in [0.05, 0.1) is 10.6 Å². The molecule has 6 nitrogen and oxygen atoms in total. The molecule has 2 aliphatic heterocycles. The maximum Gasteiger partial charge on any atom is 0.245 e. The standard InChI is InChI=1S/C18H22N2O4S/c1-2-17(21)20-9-7-13(8-10-20)18(22)19-15-5-6-16-14(12-15)4-3-11-25(16,23)24/h2,5-6,12-13H,1,3-4,7-11H2,(H,19,22). The van der Waals surface area contributed by atoms with E-state index in [1.807, 2.05) is 0 Å². The second-order valence-corrected chi connectivity index (χ2v) is 8.62. The van der Waals surface area contributed by atoms with Crippen molar-refractivity contribution in [1.29, 1.82) is 0 Å². The zero-order valence-electron chi connectivity index (χ0n) is 14.0. The Morgan fingerprint density at radius 3 is 2.64 bits per heavy atom. The number of nitrogens with one attached hydrogen (secondary N) is 1. The molecule has 1 fully saturated rings. The van der Waals surface area contributed by atoms with Crippen LogP contribution in [0.1, 0.15) is 24.8 Å². The molecule has 0 saturated carbocycles. The van der Waals surface area contributed by atoms with Crippen LogP contribution in [0.4, 0.5) is 5.69 Å². The number of aryl methyl sites for hydroxylation is 1. The Labute approximate surface area is 147 Å². The number of benzene rings is 1. The summed E-state index contributed by atoms with van der Waals surface area (Å²) in [5.41, 5.74) is 1.40. The topological polar surface area (TPSA) is 83.6 Å². The summed E-state index contributed by atoms with van der Waals surface area (Å²) in [5.74, 6) is -0.138. The predicted molar refractivity (Wildman–Crippen MR) is 94.9 cm³/mol. The highest BCUT2D eigenvalue weighted by Gasteiger charge is 2.27. The van der Waals surface area contributed by atoms with Gasteiger partial charge >= 0.3 is 0 Å². The van der Waals surface area contributed by atoms with Crippen LogP contribution in [0, 0.1) is 5.92 Å². The Morgan fingerprint density at radius 2 is 1.96 bits per heavy atom. The van der Waals surface area contributed by atoms with E-state index in [4.69, 9.17) is 0 Å². The van der Waals surface area contributed by atoms with Crippen molar-refractivity contribution in [3.8, 4) is 0 Å². The fourth-order valence-corrected chi connectivity index (χ4v) is 5.03. The van der Waals surface area contributed by atoms with Crippen molar-refractivity contribution < 1.29 is 18.0 Å². The number of piperidine rings is 1. The van der Waals surface area contributed by atoms with E-state index in [-0.39, 0.29) is 23.5 Å². The van der Waals surface area contributed by atoms with Crippen LogP contribution >= 0.6 is 0 Å². The summed E-state index contributed by atoms with van der Waals surface area (Å²) in [6, 6.07) is 5.00. The van der Waals surface area contributed by atoms with Crippen LogP contribution in [0.15, 0.2) is 35.7 Å². The number of fused-ring (bicyclic) bond motifs is 1. The van der Waals surface area contributed by atoms with Crippen molar-refractivity contribution in [2.45, 2.75) is 30.6 Å². The van der Waals surface area contributed by atoms with Gasteiger partial charge < -0.3 is 10.2 Å². The molecular formula is C18H22N2O4S. The highest BCUT2D eigenvalue weighted by Crippen LogP contribution is 2.28. The minimum atomic E-state index is -3.18. The summed E-state index contributed by atoms with van der Waals surface area (Å²) in [5, 5.41) is 2.89. The maximum absolute atomic E-state index is 12.5. The van der Waals surface area contributed by atoms with Crippen molar-refractivity contribution in [2.75, 3.05) is 24.2 Å². The molecular weight excluding hydrogens is 340 g/mol. The van der Waals surface area contributed by atoms with Crippen molar-refractivity contribution in [3.05, 3.63) is 36.4 Å². The summed E-state index contributed by atoms with van der Waals surface area (Å²) in [6.45, 7) is 4.57. The van der Waals surface area contributed by atoms with Gasteiger partial charge in [-0.15, -0.1) is 0 Å². The molecule has 2 heterocycles. The van der Waals surface area contributed by atoms with Crippen LogP contribution < -0.4 is 5.32 Å². The molecule has 1 aromatic carbocycles. The molecule has 25 heavy (non-hydrogen) atoms. The number of rotatable bonds is 3. The second-order valence-electron chi connectivity index (χ2n) is 6.54. The zero-order chi connectivity index (χ0) is 18.0. The molecule has 3 rings (SSSR count). The van der Waals surface area contributed by atoms with Gasteiger partial charge in [0, 0.05) is 24.7 Å². The molecule has 7 heteroatoms. The third kappa shape index (κ3) is 3.76. The van der Waals surface area contributed by atoms with E-state index in [9.17, 15) is 18.0 Å². The van der Waals surface area contributed by atoms with Crippen LogP contribution in [0.25, 0.3) is 0 Å². The van der Waals surface area contributed by atoms with E-state index in [1.54, 1.807) is 23.1 Å². The fourth-order valence-electron chi connectivity index (χ4n) is 3.45. The SMILES string of the molecule is C=CC(=O)N1CCC(C(=O)Nc2ccc3c(c2)CCCS3(=O)=O)CC1. The first-order valence-electron chi connectivity index (χ1n) is 8.48. The average Bonchev–Trinajstić information content (AvgIpc) is 2.60. The predicted octanol–water partition coefficient (Wildman–Crippen LogP) is 1.77. The average molecular weight is 362 g/mol. The molecule has 1 N–H and O–H groups in total. The number of sulfone groups is 1. The molecule has 0 aliphatic carbocycles. The lowest BCUT2D eigenvalue weighted by Crippen LogP contribution is -2.40. The van der Waals surface area contributed by atoms with Gasteiger partial charge in [-0.2, -0.15) is 0 Å². The van der Waals surface area contributed by atoms with Crippen molar-refractivity contribution in [3.63, 3.8) is 0 Å². The highest BCUT2D eigenvalue weighted by atomic mass is 32.2. The molecule has 0 spiro atoms. The molecule has 0 radical (unpaired) electrons. The smallest absolute Gasteiger partial charge is 0.245 e. The Balaban J connectivity index is 1.64. The van der Waals surface area contributed by atoms with E-state index >= 15 is 0 Å². The number of likely N-dealkylation sites (tertiary alicyclic amines) is 1. The van der Waals surface area contributed by atoms with E-state index in [0.717, 1.165) is 5.56 Å². The second kappa shape index (κ2) is 7.00. The molecule has 0 aromatic heterocycles. The molecule has 0 unspecified atom stereocenters. The monoisotopic (exact) mass is 362 g/mol. The van der Waals surface area contributed by atoms with Crippen molar-refractivity contribution >= 4 is 27.3 Å². The third-order valence-electron chi connectivity index (χ3n) is 4.87. The van der Waals surface area contributed by atoms with Gasteiger partial charge in [0.2, 0.25) is 11.8 Å². The molecule has 134 valence electrons. The number of anilines is 1. The lowest BCUT2D eigenvalue weighted by Gasteiger charge is -2.30. The minimum Gasteiger partial charge on any atom is -0.339 e. The van der Waals surface area contributed by atoms with Crippen LogP contribution in [0.2, 0.25) is 0 Å². The lowest BCUT2D eigenvalue weighted by molar-refractivity contribution is -0.130. The molecule has 2 amide bonds. The van der Waals surface area contributed by atoms with Crippen molar-refractivity contribution in [2.24, 2.45) is 5.92 Å². The minimum absolute atomic E-state index is 0.0793. The quantitative estimate of drug-likeness (QED) is 0.831. The third-order valence-corrected chi connectivity index (χ3v) is 6.77. The normalized spacial score (nSPS) is 19.8. The van der Waals surface area contributed by atoms with Crippen molar-refractivity contribution in [1.82, 2.24) is 4.90 Å². The van der Waals surface area contributed by atoms with Crippen LogP contribution in [0.3, 0.4) is 0 Å². The van der Waals surface area contributed by atoms with E-state index < -0.39 is 9.84 Å². The molecule has 0 atom stereocenters. The first-order valence-corrected chi connectivity index (χ1v) is 10.1. The first-order chi connectivity index (χ1) is 11.9. The summed E-state index contributed by atoms with van der Waals surface area (Å²) in [7, 11) is -3.18. The summed E-state index contributed by atoms with van der Waals surface area (Å²) in [6.07, 6.45) is 3.85. The van der Waals surface area contributed by atoms with Crippen LogP contribution in [0.5, 0.6) is 0 Å². The summed E-state index contributed by atoms with van der Waals surface area (Å²) < 4.78 is 24.1. The molecule has 1 aromatic rings. The van der Waals surface area contributed by atoms with Gasteiger partial charge in [-0.25, -0.2) is 8.42 Å². The highest BCUT2D eigenvalue weighted by molar-refractivity contribution is 7.91.